The summed E-state index contributed by atoms with van der Waals surface area (Å²) in [5.74, 6) is 1.37. The van der Waals surface area contributed by atoms with Gasteiger partial charge in [0.15, 0.2) is 0 Å². The second-order valence-corrected chi connectivity index (χ2v) is 9.29. The van der Waals surface area contributed by atoms with E-state index in [1.54, 1.807) is 4.90 Å². The van der Waals surface area contributed by atoms with Crippen LogP contribution in [0.2, 0.25) is 0 Å². The van der Waals surface area contributed by atoms with Gasteiger partial charge in [0.05, 0.1) is 25.3 Å². The van der Waals surface area contributed by atoms with E-state index >= 15 is 0 Å². The third kappa shape index (κ3) is 5.58. The van der Waals surface area contributed by atoms with Gasteiger partial charge in [0.1, 0.15) is 18.1 Å². The number of fused-ring (bicyclic) bond motifs is 5. The molecule has 8 nitrogen and oxygen atoms in total. The van der Waals surface area contributed by atoms with Crippen LogP contribution in [0.5, 0.6) is 11.5 Å². The lowest BCUT2D eigenvalue weighted by molar-refractivity contribution is -0.134. The van der Waals surface area contributed by atoms with Gasteiger partial charge in [-0.15, -0.1) is 0 Å². The lowest BCUT2D eigenvalue weighted by Gasteiger charge is -2.25. The van der Waals surface area contributed by atoms with Crippen molar-refractivity contribution in [2.45, 2.75) is 44.2 Å². The van der Waals surface area contributed by atoms with E-state index in [0.29, 0.717) is 38.8 Å². The molecule has 2 fully saturated rings. The third-order valence-corrected chi connectivity index (χ3v) is 6.53. The molecule has 0 radical (unpaired) electrons. The number of carbonyl (C=O) groups is 2. The van der Waals surface area contributed by atoms with E-state index in [0.717, 1.165) is 35.5 Å². The summed E-state index contributed by atoms with van der Waals surface area (Å²) in [7, 11) is 1.50. The number of nitrogens with one attached hydrogen (secondary N) is 1. The highest BCUT2D eigenvalue weighted by molar-refractivity contribution is 5.80. The molecule has 0 aromatic heterocycles. The molecule has 0 unspecified atom stereocenters. The second kappa shape index (κ2) is 10.1. The minimum absolute atomic E-state index is 0.0146. The smallest absolute Gasteiger partial charge is 0.248 e. The van der Waals surface area contributed by atoms with Crippen LogP contribution in [-0.4, -0.2) is 73.2 Å². The first-order valence-electron chi connectivity index (χ1n) is 11.8. The van der Waals surface area contributed by atoms with Crippen LogP contribution in [0.15, 0.2) is 48.5 Å². The van der Waals surface area contributed by atoms with E-state index in [-0.39, 0.29) is 30.6 Å². The Balaban J connectivity index is 1.41. The van der Waals surface area contributed by atoms with Crippen LogP contribution < -0.4 is 10.1 Å². The highest BCUT2D eigenvalue weighted by atomic mass is 16.5. The van der Waals surface area contributed by atoms with Gasteiger partial charge in [-0.05, 0) is 48.2 Å². The van der Waals surface area contributed by atoms with E-state index in [1.165, 1.54) is 7.11 Å². The van der Waals surface area contributed by atoms with Gasteiger partial charge in [-0.3, -0.25) is 14.5 Å². The summed E-state index contributed by atoms with van der Waals surface area (Å²) in [6.07, 6.45) is 1.90. The molecule has 2 atom stereocenters. The number of hydrogen-bond acceptors (Lipinski definition) is 6. The molecular formula is C26H31N3O5. The van der Waals surface area contributed by atoms with E-state index in [1.807, 2.05) is 42.5 Å². The Morgan fingerprint density at radius 2 is 1.79 bits per heavy atom. The van der Waals surface area contributed by atoms with Crippen molar-refractivity contribution in [1.29, 1.82) is 0 Å². The van der Waals surface area contributed by atoms with Crippen molar-refractivity contribution in [2.24, 2.45) is 0 Å². The molecule has 3 aliphatic rings. The largest absolute Gasteiger partial charge is 0.457 e. The predicted octanol–water partition coefficient (Wildman–Crippen LogP) is 2.32. The van der Waals surface area contributed by atoms with Gasteiger partial charge in [0.2, 0.25) is 11.8 Å². The van der Waals surface area contributed by atoms with Gasteiger partial charge in [-0.25, -0.2) is 0 Å². The zero-order valence-electron chi connectivity index (χ0n) is 19.4. The molecule has 2 amide bonds. The lowest BCUT2D eigenvalue weighted by atomic mass is 10.1. The van der Waals surface area contributed by atoms with Crippen LogP contribution in [0.4, 0.5) is 0 Å². The minimum atomic E-state index is -0.302. The van der Waals surface area contributed by atoms with E-state index in [9.17, 15) is 9.59 Å². The van der Waals surface area contributed by atoms with Gasteiger partial charge in [0, 0.05) is 32.8 Å². The molecule has 2 aliphatic heterocycles. The number of benzene rings is 2. The van der Waals surface area contributed by atoms with Gasteiger partial charge in [-0.1, -0.05) is 24.3 Å². The fraction of sp³-hybridized carbons (Fsp3) is 0.462. The number of rotatable bonds is 3. The Morgan fingerprint density at radius 3 is 2.53 bits per heavy atom. The van der Waals surface area contributed by atoms with Crippen molar-refractivity contribution in [3.05, 3.63) is 59.7 Å². The average molecular weight is 466 g/mol. The zero-order chi connectivity index (χ0) is 23.5. The Bertz CT molecular complexity index is 1040. The van der Waals surface area contributed by atoms with E-state index < -0.39 is 0 Å². The summed E-state index contributed by atoms with van der Waals surface area (Å²) in [5, 5.41) is 3.15. The van der Waals surface area contributed by atoms with Crippen LogP contribution in [0.25, 0.3) is 0 Å². The lowest BCUT2D eigenvalue weighted by Crippen LogP contribution is -2.48. The fourth-order valence-corrected chi connectivity index (χ4v) is 4.67. The first kappa shape index (κ1) is 22.8. The van der Waals surface area contributed by atoms with Crippen LogP contribution in [0.1, 0.15) is 24.0 Å². The van der Waals surface area contributed by atoms with Crippen molar-refractivity contribution >= 4 is 11.8 Å². The molecule has 8 heteroatoms. The number of nitrogens with zero attached hydrogens (tertiary/aromatic N) is 2. The van der Waals surface area contributed by atoms with Crippen molar-refractivity contribution in [1.82, 2.24) is 15.1 Å². The Kier molecular flexibility index (Phi) is 6.80. The van der Waals surface area contributed by atoms with Gasteiger partial charge in [0.25, 0.3) is 0 Å². The second-order valence-electron chi connectivity index (χ2n) is 9.29. The SMILES string of the molecule is COCC(=O)N1C[C@@H]2NC(=O)CN(C3CC3)Cc3cccc(c3)Oc3cccc(c3)CO[C@H]2C1. The van der Waals surface area contributed by atoms with Crippen molar-refractivity contribution in [3.63, 3.8) is 0 Å². The summed E-state index contributed by atoms with van der Waals surface area (Å²) in [5.41, 5.74) is 2.08. The summed E-state index contributed by atoms with van der Waals surface area (Å²) in [6, 6.07) is 16.0. The quantitative estimate of drug-likeness (QED) is 0.750. The molecule has 180 valence electrons. The number of likely N-dealkylation sites (tertiary alicyclic amines) is 1. The Hall–Kier alpha value is -2.94. The third-order valence-electron chi connectivity index (χ3n) is 6.53. The molecule has 1 aliphatic carbocycles. The van der Waals surface area contributed by atoms with E-state index in [2.05, 4.69) is 16.3 Å². The minimum Gasteiger partial charge on any atom is -0.457 e. The molecule has 1 saturated carbocycles. The number of ether oxygens (including phenoxy) is 3. The maximum atomic E-state index is 13.1. The highest BCUT2D eigenvalue weighted by Gasteiger charge is 2.38. The Labute approximate surface area is 199 Å². The van der Waals surface area contributed by atoms with Gasteiger partial charge < -0.3 is 24.4 Å². The molecule has 2 aromatic rings. The molecule has 1 saturated heterocycles. The molecule has 2 aromatic carbocycles. The van der Waals surface area contributed by atoms with Gasteiger partial charge in [-0.2, -0.15) is 0 Å². The van der Waals surface area contributed by atoms with Crippen LogP contribution in [0.3, 0.4) is 0 Å². The van der Waals surface area contributed by atoms with E-state index in [4.69, 9.17) is 14.2 Å². The molecule has 0 spiro atoms. The summed E-state index contributed by atoms with van der Waals surface area (Å²) >= 11 is 0. The molecule has 1 N–H and O–H groups in total. The summed E-state index contributed by atoms with van der Waals surface area (Å²) in [4.78, 5) is 29.4. The molecule has 5 rings (SSSR count). The topological polar surface area (TPSA) is 80.3 Å². The number of methoxy groups -OCH3 is 1. The highest BCUT2D eigenvalue weighted by Crippen LogP contribution is 2.30. The normalized spacial score (nSPS) is 23.7. The standard InChI is InChI=1S/C26H31N3O5/c1-32-17-26(31)29-13-23-24(14-29)33-16-19-5-3-7-22(11-19)34-21-6-2-4-18(10-21)12-28(20-8-9-20)15-25(30)27-23/h2-7,10-11,20,23-24H,8-9,12-17H2,1H3,(H,27,30)/t23-,24-/m0/s1. The maximum Gasteiger partial charge on any atom is 0.248 e. The zero-order valence-corrected chi connectivity index (χ0v) is 19.4. The molecule has 2 heterocycles. The summed E-state index contributed by atoms with van der Waals surface area (Å²) in [6.45, 7) is 2.19. The van der Waals surface area contributed by atoms with Crippen LogP contribution in [-0.2, 0) is 32.2 Å². The van der Waals surface area contributed by atoms with Crippen molar-refractivity contribution in [3.8, 4) is 11.5 Å². The van der Waals surface area contributed by atoms with Crippen LogP contribution in [0, 0.1) is 0 Å². The van der Waals surface area contributed by atoms with Crippen LogP contribution >= 0.6 is 0 Å². The average Bonchev–Trinajstić information content (AvgIpc) is 3.59. The van der Waals surface area contributed by atoms with Crippen molar-refractivity contribution < 1.29 is 23.8 Å². The summed E-state index contributed by atoms with van der Waals surface area (Å²) < 4.78 is 17.4. The molecule has 4 bridgehead atoms. The Morgan fingerprint density at radius 1 is 1.06 bits per heavy atom. The number of amides is 2. The maximum absolute atomic E-state index is 13.1. The first-order valence-corrected chi connectivity index (χ1v) is 11.8. The van der Waals surface area contributed by atoms with Gasteiger partial charge >= 0.3 is 0 Å². The molecule has 34 heavy (non-hydrogen) atoms. The number of hydrogen-bond donors (Lipinski definition) is 1. The molecular weight excluding hydrogens is 434 g/mol. The number of carbonyl (C=O) groups excluding carboxylic acids is 2. The monoisotopic (exact) mass is 465 g/mol. The predicted molar refractivity (Wildman–Crippen MR) is 125 cm³/mol. The fourth-order valence-electron chi connectivity index (χ4n) is 4.67. The first-order chi connectivity index (χ1) is 16.6. The van der Waals surface area contributed by atoms with Crippen molar-refractivity contribution in [2.75, 3.05) is 33.4 Å².